The van der Waals surface area contributed by atoms with E-state index < -0.39 is 65.6 Å². The molecular formula is C48H68N4O8S. The monoisotopic (exact) mass is 860 g/mol. The van der Waals surface area contributed by atoms with Crippen molar-refractivity contribution in [2.24, 2.45) is 34.1 Å². The van der Waals surface area contributed by atoms with Gasteiger partial charge >= 0.3 is 12.1 Å². The highest BCUT2D eigenvalue weighted by Crippen LogP contribution is 2.46. The molecule has 3 fully saturated rings. The average molecular weight is 861 g/mol. The zero-order valence-corrected chi connectivity index (χ0v) is 38.6. The zero-order chi connectivity index (χ0) is 44.2. The van der Waals surface area contributed by atoms with Crippen molar-refractivity contribution < 1.29 is 38.4 Å². The fourth-order valence-electron chi connectivity index (χ4n) is 10.4. The van der Waals surface area contributed by atoms with Gasteiger partial charge in [0.05, 0.1) is 29.7 Å². The fraction of sp³-hybridized carbons (Fsp3) is 0.667. The van der Waals surface area contributed by atoms with Crippen LogP contribution in [0.4, 0.5) is 4.79 Å². The number of nitrogens with one attached hydrogen (secondary N) is 1. The number of ketones is 1. The van der Waals surface area contributed by atoms with Crippen molar-refractivity contribution in [3.63, 3.8) is 0 Å². The number of carbonyl (C=O) groups excluding carboxylic acids is 3. The van der Waals surface area contributed by atoms with Crippen LogP contribution in [0.15, 0.2) is 47.5 Å². The summed E-state index contributed by atoms with van der Waals surface area (Å²) in [6, 6.07) is 13.9. The first-order chi connectivity index (χ1) is 29.0. The molecule has 1 aromatic heterocycles. The molecule has 0 aliphatic carbocycles. The van der Waals surface area contributed by atoms with Crippen LogP contribution in [0.1, 0.15) is 96.4 Å². The summed E-state index contributed by atoms with van der Waals surface area (Å²) in [6.45, 7) is 17.8. The second-order valence-corrected chi connectivity index (χ2v) is 19.7. The third kappa shape index (κ3) is 10.3. The van der Waals surface area contributed by atoms with Crippen molar-refractivity contribution in [3.05, 3.63) is 57.8 Å². The number of esters is 1. The number of rotatable bonds is 10. The number of amides is 1. The number of aliphatic hydroxyl groups is 1. The average Bonchev–Trinajstić information content (AvgIpc) is 3.72. The van der Waals surface area contributed by atoms with Gasteiger partial charge in [-0.15, -0.1) is 11.3 Å². The Morgan fingerprint density at radius 2 is 1.79 bits per heavy atom. The number of aliphatic imine (C=N–C) groups is 1. The van der Waals surface area contributed by atoms with E-state index in [-0.39, 0.29) is 29.8 Å². The summed E-state index contributed by atoms with van der Waals surface area (Å²) < 4.78 is 25.7. The lowest BCUT2D eigenvalue weighted by atomic mass is 9.66. The Balaban J connectivity index is 1.36. The lowest BCUT2D eigenvalue weighted by Crippen LogP contribution is -2.58. The van der Waals surface area contributed by atoms with Crippen LogP contribution in [0.3, 0.4) is 0 Å². The number of thiophene rings is 1. The molecule has 6 rings (SSSR count). The maximum Gasteiger partial charge on any atom is 0.410 e. The first-order valence-electron chi connectivity index (χ1n) is 22.2. The summed E-state index contributed by atoms with van der Waals surface area (Å²) in [5.41, 5.74) is 0.234. The van der Waals surface area contributed by atoms with Gasteiger partial charge in [0.1, 0.15) is 18.1 Å². The minimum Gasteiger partial charge on any atom is -0.458 e. The molecule has 1 amide bonds. The Kier molecular flexibility index (Phi) is 15.2. The Hall–Kier alpha value is -3.64. The first-order valence-corrected chi connectivity index (χ1v) is 23.0. The van der Waals surface area contributed by atoms with Gasteiger partial charge in [-0.1, -0.05) is 76.8 Å². The van der Waals surface area contributed by atoms with E-state index in [0.29, 0.717) is 38.8 Å². The van der Waals surface area contributed by atoms with E-state index in [9.17, 15) is 19.5 Å². The third-order valence-electron chi connectivity index (χ3n) is 13.6. The predicted molar refractivity (Wildman–Crippen MR) is 237 cm³/mol. The molecule has 3 saturated heterocycles. The number of likely N-dealkylation sites (N-methyl/N-ethyl adjacent to an activating group) is 1. The number of ether oxygens (including phenoxy) is 4. The minimum atomic E-state index is -1.17. The Morgan fingerprint density at radius 1 is 1.05 bits per heavy atom. The molecule has 0 spiro atoms. The number of nitrogens with zero attached hydrogens (tertiary/aromatic N) is 3. The molecule has 0 unspecified atom stereocenters. The quantitative estimate of drug-likeness (QED) is 0.118. The van der Waals surface area contributed by atoms with E-state index in [4.69, 9.17) is 23.9 Å². The highest BCUT2D eigenvalue weighted by Gasteiger charge is 2.60. The van der Waals surface area contributed by atoms with Crippen LogP contribution < -0.4 is 5.32 Å². The molecule has 2 N–H and O–H groups in total. The van der Waals surface area contributed by atoms with Crippen molar-refractivity contribution in [2.75, 3.05) is 33.7 Å². The first kappa shape index (κ1) is 46.9. The van der Waals surface area contributed by atoms with Gasteiger partial charge in [0.2, 0.25) is 0 Å². The van der Waals surface area contributed by atoms with Gasteiger partial charge in [-0.25, -0.2) is 4.79 Å². The molecule has 0 saturated carbocycles. The lowest BCUT2D eigenvalue weighted by molar-refractivity contribution is -0.286. The van der Waals surface area contributed by atoms with E-state index in [0.717, 1.165) is 30.1 Å². The van der Waals surface area contributed by atoms with Crippen LogP contribution in [-0.2, 0) is 41.5 Å². The number of benzene rings is 1. The Labute approximate surface area is 367 Å². The van der Waals surface area contributed by atoms with Gasteiger partial charge in [-0.2, -0.15) is 0 Å². The molecule has 4 aliphatic rings. The number of fused-ring (bicyclic) bond motifs is 1. The molecule has 13 heteroatoms. The van der Waals surface area contributed by atoms with Gasteiger partial charge in [-0.3, -0.25) is 19.5 Å². The second-order valence-electron chi connectivity index (χ2n) is 18.6. The van der Waals surface area contributed by atoms with Gasteiger partial charge < -0.3 is 34.3 Å². The van der Waals surface area contributed by atoms with Crippen LogP contribution in [0.5, 0.6) is 0 Å². The van der Waals surface area contributed by atoms with E-state index in [2.05, 4.69) is 68.3 Å². The van der Waals surface area contributed by atoms with Crippen molar-refractivity contribution >= 4 is 34.9 Å². The van der Waals surface area contributed by atoms with Crippen molar-refractivity contribution in [1.82, 2.24) is 15.1 Å². The van der Waals surface area contributed by atoms with Gasteiger partial charge in [0.25, 0.3) is 0 Å². The second kappa shape index (κ2) is 19.8. The Bertz CT molecular complexity index is 1940. The summed E-state index contributed by atoms with van der Waals surface area (Å²) >= 11 is 1.65. The zero-order valence-electron chi connectivity index (χ0n) is 37.8. The maximum atomic E-state index is 14.7. The highest BCUT2D eigenvalue weighted by molar-refractivity contribution is 7.12. The molecule has 334 valence electrons. The number of aliphatic hydroxyl groups excluding tert-OH is 1. The summed E-state index contributed by atoms with van der Waals surface area (Å²) in [6.07, 6.45) is -1.54. The van der Waals surface area contributed by atoms with Gasteiger partial charge in [0.15, 0.2) is 17.7 Å². The smallest absolute Gasteiger partial charge is 0.410 e. The van der Waals surface area contributed by atoms with Crippen LogP contribution in [-0.4, -0.2) is 121 Å². The van der Waals surface area contributed by atoms with Crippen LogP contribution in [0, 0.1) is 40.9 Å². The summed E-state index contributed by atoms with van der Waals surface area (Å²) in [5.74, 6) is 3.53. The normalized spacial score (nSPS) is 36.0. The minimum absolute atomic E-state index is 0.140. The van der Waals surface area contributed by atoms with Crippen LogP contribution in [0.25, 0.3) is 0 Å². The summed E-state index contributed by atoms with van der Waals surface area (Å²) in [5, 5.41) is 15.3. The molecule has 12 nitrogen and oxygen atoms in total. The molecule has 2 bridgehead atoms. The van der Waals surface area contributed by atoms with E-state index in [1.54, 1.807) is 30.1 Å². The molecule has 2 aromatic rings. The molecule has 13 atom stereocenters. The predicted octanol–water partition coefficient (Wildman–Crippen LogP) is 6.51. The molecule has 0 radical (unpaired) electrons. The number of hydrogen-bond donors (Lipinski definition) is 2. The SMILES string of the molecule is CC[C@H]1OC(=O)[C@H](C)C(=O)[C@H](C)[C@@H](O[C@@H]2O[C@H](C)C[C@H](N(C)C)[C@H]2O)[C@@](C)(CC#Cc2ccc(CNCCc3ccccc3)s2)C[C@@H](C)C2=NCCN3C(=O)O[C@@]1(C)[C@H]3[C@H]2C. The number of Topliss-reactive ketones (excluding diaryl/α,β-unsaturated/α-hetero) is 1. The maximum absolute atomic E-state index is 14.7. The van der Waals surface area contributed by atoms with Crippen LogP contribution >= 0.6 is 11.3 Å². The summed E-state index contributed by atoms with van der Waals surface area (Å²) in [7, 11) is 3.85. The standard InChI is InChI=1S/C48H68N4O8S/c1-11-38-48(8)42-31(4)39(50-24-25-52(42)46(56)60-48)29(2)27-47(7,22-15-18-35-19-20-36(61-35)28-49-23-21-34-16-13-12-14-17-34)43(32(5)40(53)33(6)44(55)58-38)59-45-41(54)37(51(9)10)26-30(3)57-45/h12-14,16-17,19-20,29-33,37-38,41-43,45,49,54H,11,21-28H2,1-10H3/t29-,30-,31+,32+,33-,37+,38-,41-,42-,43-,45+,47+,48-/m1/s1. The third-order valence-corrected chi connectivity index (χ3v) is 14.6. The Morgan fingerprint density at radius 3 is 2.49 bits per heavy atom. The van der Waals surface area contributed by atoms with E-state index in [1.165, 1.54) is 10.4 Å². The molecule has 4 aliphatic heterocycles. The highest BCUT2D eigenvalue weighted by atomic mass is 32.1. The summed E-state index contributed by atoms with van der Waals surface area (Å²) in [4.78, 5) is 53.3. The lowest BCUT2D eigenvalue weighted by Gasteiger charge is -2.47. The molecular weight excluding hydrogens is 793 g/mol. The largest absolute Gasteiger partial charge is 0.458 e. The topological polar surface area (TPSA) is 139 Å². The van der Waals surface area contributed by atoms with E-state index in [1.807, 2.05) is 51.9 Å². The van der Waals surface area contributed by atoms with Crippen molar-refractivity contribution in [1.29, 1.82) is 0 Å². The number of carbonyl (C=O) groups is 3. The molecule has 1 aromatic carbocycles. The van der Waals surface area contributed by atoms with Crippen molar-refractivity contribution in [2.45, 2.75) is 142 Å². The fourth-order valence-corrected chi connectivity index (χ4v) is 11.3. The number of hydrogen-bond acceptors (Lipinski definition) is 12. The van der Waals surface area contributed by atoms with Gasteiger partial charge in [0, 0.05) is 53.4 Å². The van der Waals surface area contributed by atoms with Crippen LogP contribution in [0.2, 0.25) is 0 Å². The van der Waals surface area contributed by atoms with E-state index >= 15 is 0 Å². The van der Waals surface area contributed by atoms with Gasteiger partial charge in [-0.05, 0) is 90.7 Å². The molecule has 61 heavy (non-hydrogen) atoms. The molecule has 5 heterocycles. The van der Waals surface area contributed by atoms with Crippen molar-refractivity contribution in [3.8, 4) is 11.8 Å². The number of cyclic esters (lactones) is 1.